The summed E-state index contributed by atoms with van der Waals surface area (Å²) in [6, 6.07) is 12.6. The van der Waals surface area contributed by atoms with Gasteiger partial charge in [0.2, 0.25) is 5.91 Å². The molecule has 1 aromatic heterocycles. The summed E-state index contributed by atoms with van der Waals surface area (Å²) in [4.78, 5) is 18.7. The number of hydrogen-bond acceptors (Lipinski definition) is 5. The van der Waals surface area contributed by atoms with E-state index in [0.29, 0.717) is 25.2 Å². The molecule has 5 nitrogen and oxygen atoms in total. The number of benzene rings is 2. The lowest BCUT2D eigenvalue weighted by Crippen LogP contribution is -2.53. The predicted molar refractivity (Wildman–Crippen MR) is 100 cm³/mol. The van der Waals surface area contributed by atoms with Gasteiger partial charge in [0, 0.05) is 19.6 Å². The van der Waals surface area contributed by atoms with E-state index in [1.807, 2.05) is 35.2 Å². The molecule has 2 aromatic carbocycles. The van der Waals surface area contributed by atoms with Crippen molar-refractivity contribution < 1.29 is 13.9 Å². The molecule has 0 saturated carbocycles. The van der Waals surface area contributed by atoms with Gasteiger partial charge in [0.05, 0.1) is 17.7 Å². The van der Waals surface area contributed by atoms with Crippen molar-refractivity contribution in [3.05, 3.63) is 53.8 Å². The van der Waals surface area contributed by atoms with E-state index in [2.05, 4.69) is 10.3 Å². The van der Waals surface area contributed by atoms with Crippen molar-refractivity contribution in [2.45, 2.75) is 6.54 Å². The zero-order valence-corrected chi connectivity index (χ0v) is 15.1. The minimum absolute atomic E-state index is 0.0318. The van der Waals surface area contributed by atoms with Crippen LogP contribution in [0.15, 0.2) is 42.5 Å². The minimum atomic E-state index is -0.306. The molecule has 0 unspecified atom stereocenters. The molecule has 0 atom stereocenters. The van der Waals surface area contributed by atoms with Gasteiger partial charge >= 0.3 is 0 Å². The average molecular weight is 371 g/mol. The number of methoxy groups -OCH3 is 1. The van der Waals surface area contributed by atoms with Crippen LogP contribution in [0, 0.1) is 11.7 Å². The number of ether oxygens (including phenoxy) is 1. The first-order valence-corrected chi connectivity index (χ1v) is 9.16. The van der Waals surface area contributed by atoms with Gasteiger partial charge in [-0.05, 0) is 29.8 Å². The summed E-state index contributed by atoms with van der Waals surface area (Å²) >= 11 is 1.45. The number of carbonyl (C=O) groups is 1. The van der Waals surface area contributed by atoms with E-state index in [4.69, 9.17) is 4.74 Å². The summed E-state index contributed by atoms with van der Waals surface area (Å²) in [5, 5.41) is 3.73. The van der Waals surface area contributed by atoms with E-state index in [-0.39, 0.29) is 17.6 Å². The van der Waals surface area contributed by atoms with Crippen molar-refractivity contribution in [3.63, 3.8) is 0 Å². The third-order valence-corrected chi connectivity index (χ3v) is 5.59. The summed E-state index contributed by atoms with van der Waals surface area (Å²) in [5.74, 6) is 0.454. The number of carbonyl (C=O) groups excluding carboxylic acids is 1. The van der Waals surface area contributed by atoms with Crippen molar-refractivity contribution in [3.8, 4) is 5.75 Å². The molecule has 4 rings (SSSR count). The third-order valence-electron chi connectivity index (χ3n) is 4.51. The van der Waals surface area contributed by atoms with Gasteiger partial charge in [0.15, 0.2) is 5.13 Å². The number of para-hydroxylation sites is 1. The average Bonchev–Trinajstić information content (AvgIpc) is 3.04. The number of rotatable bonds is 5. The monoisotopic (exact) mass is 371 g/mol. The molecule has 1 N–H and O–H groups in total. The zero-order valence-electron chi connectivity index (χ0n) is 14.2. The van der Waals surface area contributed by atoms with E-state index < -0.39 is 0 Å². The Morgan fingerprint density at radius 3 is 2.77 bits per heavy atom. The smallest absolute Gasteiger partial charge is 0.226 e. The Kier molecular flexibility index (Phi) is 4.46. The fourth-order valence-electron chi connectivity index (χ4n) is 2.92. The second-order valence-electron chi connectivity index (χ2n) is 6.25. The number of anilines is 1. The lowest BCUT2D eigenvalue weighted by molar-refractivity contribution is -0.125. The number of fused-ring (bicyclic) bond motifs is 1. The van der Waals surface area contributed by atoms with Gasteiger partial charge in [0.25, 0.3) is 0 Å². The molecule has 1 saturated heterocycles. The maximum absolute atomic E-state index is 13.8. The summed E-state index contributed by atoms with van der Waals surface area (Å²) < 4.78 is 19.7. The fraction of sp³-hybridized carbons (Fsp3) is 0.263. The Balaban J connectivity index is 1.31. The summed E-state index contributed by atoms with van der Waals surface area (Å²) in [5.41, 5.74) is 1.43. The molecule has 1 amide bonds. The van der Waals surface area contributed by atoms with Gasteiger partial charge in [-0.15, -0.1) is 0 Å². The first-order valence-electron chi connectivity index (χ1n) is 8.34. The molecule has 2 heterocycles. The standard InChI is InChI=1S/C19H18FN3O2S/c1-25-14-7-5-12(6-8-14)9-21-18(24)13-10-23(11-13)19-22-17-15(20)3-2-4-16(17)26-19/h2-8,13H,9-11H2,1H3,(H,21,24). The highest BCUT2D eigenvalue weighted by atomic mass is 32.1. The summed E-state index contributed by atoms with van der Waals surface area (Å²) in [7, 11) is 1.62. The number of nitrogens with one attached hydrogen (secondary N) is 1. The Hall–Kier alpha value is -2.67. The highest BCUT2D eigenvalue weighted by molar-refractivity contribution is 7.22. The Morgan fingerprint density at radius 2 is 2.08 bits per heavy atom. The minimum Gasteiger partial charge on any atom is -0.497 e. The van der Waals surface area contributed by atoms with Crippen LogP contribution >= 0.6 is 11.3 Å². The lowest BCUT2D eigenvalue weighted by atomic mass is 10.00. The van der Waals surface area contributed by atoms with E-state index in [1.165, 1.54) is 17.4 Å². The van der Waals surface area contributed by atoms with E-state index >= 15 is 0 Å². The number of thiazole rings is 1. The quantitative estimate of drug-likeness (QED) is 0.748. The van der Waals surface area contributed by atoms with Gasteiger partial charge in [-0.25, -0.2) is 9.37 Å². The molecular weight excluding hydrogens is 353 g/mol. The molecule has 0 aliphatic carbocycles. The van der Waals surface area contributed by atoms with Crippen molar-refractivity contribution in [1.82, 2.24) is 10.3 Å². The molecule has 134 valence electrons. The van der Waals surface area contributed by atoms with Crippen molar-refractivity contribution in [2.75, 3.05) is 25.1 Å². The first-order chi connectivity index (χ1) is 12.6. The highest BCUT2D eigenvalue weighted by Gasteiger charge is 2.34. The Bertz CT molecular complexity index is 936. The van der Waals surface area contributed by atoms with E-state index in [1.54, 1.807) is 13.2 Å². The molecule has 0 bridgehead atoms. The predicted octanol–water partition coefficient (Wildman–Crippen LogP) is 3.20. The molecular formula is C19H18FN3O2S. The summed E-state index contributed by atoms with van der Waals surface area (Å²) in [6.45, 7) is 1.71. The van der Waals surface area contributed by atoms with Crippen LogP contribution in [0.2, 0.25) is 0 Å². The van der Waals surface area contributed by atoms with Crippen molar-refractivity contribution in [2.24, 2.45) is 5.92 Å². The third kappa shape index (κ3) is 3.22. The van der Waals surface area contributed by atoms with Crippen LogP contribution in [0.3, 0.4) is 0 Å². The normalized spacial score (nSPS) is 14.3. The van der Waals surface area contributed by atoms with Crippen LogP contribution in [-0.4, -0.2) is 31.1 Å². The second-order valence-corrected chi connectivity index (χ2v) is 7.26. The summed E-state index contributed by atoms with van der Waals surface area (Å²) in [6.07, 6.45) is 0. The SMILES string of the molecule is COc1ccc(CNC(=O)C2CN(c3nc4c(F)cccc4s3)C2)cc1. The zero-order chi connectivity index (χ0) is 18.1. The topological polar surface area (TPSA) is 54.5 Å². The number of amides is 1. The number of aromatic nitrogens is 1. The van der Waals surface area contributed by atoms with Gasteiger partial charge in [-0.2, -0.15) is 0 Å². The van der Waals surface area contributed by atoms with Crippen LogP contribution in [-0.2, 0) is 11.3 Å². The molecule has 0 spiro atoms. The number of nitrogens with zero attached hydrogens (tertiary/aromatic N) is 2. The molecule has 7 heteroatoms. The van der Waals surface area contributed by atoms with Crippen LogP contribution in [0.25, 0.3) is 10.2 Å². The second kappa shape index (κ2) is 6.92. The maximum atomic E-state index is 13.8. The van der Waals surface area contributed by atoms with Crippen molar-refractivity contribution >= 4 is 32.6 Å². The first kappa shape index (κ1) is 16.8. The van der Waals surface area contributed by atoms with Gasteiger partial charge in [-0.3, -0.25) is 4.79 Å². The van der Waals surface area contributed by atoms with Gasteiger partial charge in [-0.1, -0.05) is 29.5 Å². The maximum Gasteiger partial charge on any atom is 0.226 e. The molecule has 3 aromatic rings. The van der Waals surface area contributed by atoms with E-state index in [0.717, 1.165) is 21.1 Å². The fourth-order valence-corrected chi connectivity index (χ4v) is 3.91. The molecule has 26 heavy (non-hydrogen) atoms. The largest absolute Gasteiger partial charge is 0.497 e. The molecule has 1 aliphatic heterocycles. The van der Waals surface area contributed by atoms with Crippen LogP contribution in [0.4, 0.5) is 9.52 Å². The van der Waals surface area contributed by atoms with Crippen LogP contribution < -0.4 is 15.0 Å². The van der Waals surface area contributed by atoms with Crippen LogP contribution in [0.5, 0.6) is 5.75 Å². The Morgan fingerprint density at radius 1 is 1.31 bits per heavy atom. The molecule has 1 fully saturated rings. The van der Waals surface area contributed by atoms with Gasteiger partial charge in [0.1, 0.15) is 17.1 Å². The highest BCUT2D eigenvalue weighted by Crippen LogP contribution is 2.33. The molecule has 1 aliphatic rings. The van der Waals surface area contributed by atoms with Crippen molar-refractivity contribution in [1.29, 1.82) is 0 Å². The number of hydrogen-bond donors (Lipinski definition) is 1. The lowest BCUT2D eigenvalue weighted by Gasteiger charge is -2.37. The number of halogens is 1. The van der Waals surface area contributed by atoms with Gasteiger partial charge < -0.3 is 15.0 Å². The Labute approximate surface area is 154 Å². The molecule has 0 radical (unpaired) electrons. The van der Waals surface area contributed by atoms with Crippen LogP contribution in [0.1, 0.15) is 5.56 Å². The van der Waals surface area contributed by atoms with E-state index in [9.17, 15) is 9.18 Å².